The highest BCUT2D eigenvalue weighted by atomic mass is 35.5. The molecule has 0 aliphatic rings. The second-order valence-corrected chi connectivity index (χ2v) is 5.30. The molecule has 0 aliphatic heterocycles. The number of ether oxygens (including phenoxy) is 1. The summed E-state index contributed by atoms with van der Waals surface area (Å²) >= 11 is 11.9. The van der Waals surface area contributed by atoms with Crippen molar-refractivity contribution in [2.24, 2.45) is 0 Å². The summed E-state index contributed by atoms with van der Waals surface area (Å²) in [5, 5.41) is 4.57. The predicted molar refractivity (Wildman–Crippen MR) is 84.9 cm³/mol. The zero-order valence-corrected chi connectivity index (χ0v) is 12.8. The van der Waals surface area contributed by atoms with Crippen LogP contribution in [-0.4, -0.2) is 13.7 Å². The minimum absolute atomic E-state index is 0.587. The lowest BCUT2D eigenvalue weighted by molar-refractivity contribution is 0.409. The first kappa shape index (κ1) is 15.2. The van der Waals surface area contributed by atoms with E-state index in [4.69, 9.17) is 27.9 Å². The lowest BCUT2D eigenvalue weighted by Crippen LogP contribution is -2.16. The molecule has 0 aromatic heterocycles. The van der Waals surface area contributed by atoms with Crippen molar-refractivity contribution in [3.05, 3.63) is 63.6 Å². The second kappa shape index (κ2) is 7.53. The van der Waals surface area contributed by atoms with Crippen molar-refractivity contribution >= 4 is 23.2 Å². The van der Waals surface area contributed by atoms with Gasteiger partial charge in [-0.25, -0.2) is 0 Å². The van der Waals surface area contributed by atoms with E-state index in [1.165, 1.54) is 5.56 Å². The molecule has 0 spiro atoms. The summed E-state index contributed by atoms with van der Waals surface area (Å²) in [5.41, 5.74) is 2.33. The van der Waals surface area contributed by atoms with Crippen molar-refractivity contribution in [2.45, 2.75) is 13.0 Å². The Morgan fingerprint density at radius 1 is 1.05 bits per heavy atom. The van der Waals surface area contributed by atoms with E-state index in [0.717, 1.165) is 30.8 Å². The Morgan fingerprint density at radius 3 is 2.60 bits per heavy atom. The van der Waals surface area contributed by atoms with Crippen molar-refractivity contribution in [1.29, 1.82) is 0 Å². The number of rotatable bonds is 6. The smallest absolute Gasteiger partial charge is 0.122 e. The van der Waals surface area contributed by atoms with Gasteiger partial charge in [0.2, 0.25) is 0 Å². The molecule has 2 nitrogen and oxygen atoms in total. The molecule has 0 aliphatic carbocycles. The lowest BCUT2D eigenvalue weighted by Gasteiger charge is -2.09. The summed E-state index contributed by atoms with van der Waals surface area (Å²) in [7, 11) is 1.70. The number of nitrogens with one attached hydrogen (secondary N) is 1. The molecule has 0 unspecified atom stereocenters. The Morgan fingerprint density at radius 2 is 1.85 bits per heavy atom. The summed E-state index contributed by atoms with van der Waals surface area (Å²) in [6, 6.07) is 13.8. The molecular formula is C16H17Cl2NO. The molecule has 0 bridgehead atoms. The lowest BCUT2D eigenvalue weighted by atomic mass is 10.1. The van der Waals surface area contributed by atoms with Crippen LogP contribution in [0, 0.1) is 0 Å². The number of halogens is 2. The molecule has 0 heterocycles. The Hall–Kier alpha value is -1.22. The summed E-state index contributed by atoms with van der Waals surface area (Å²) in [5.74, 6) is 0.934. The van der Waals surface area contributed by atoms with Crippen molar-refractivity contribution < 1.29 is 4.74 Å². The Labute approximate surface area is 129 Å². The third-order valence-electron chi connectivity index (χ3n) is 3.08. The molecule has 2 aromatic rings. The van der Waals surface area contributed by atoms with Gasteiger partial charge in [0.05, 0.1) is 17.2 Å². The summed E-state index contributed by atoms with van der Waals surface area (Å²) in [6.07, 6.45) is 0.922. The van der Waals surface area contributed by atoms with E-state index in [2.05, 4.69) is 11.4 Å². The molecule has 20 heavy (non-hydrogen) atoms. The molecular weight excluding hydrogens is 293 g/mol. The maximum Gasteiger partial charge on any atom is 0.122 e. The van der Waals surface area contributed by atoms with Crippen LogP contribution in [0.2, 0.25) is 10.0 Å². The minimum Gasteiger partial charge on any atom is -0.496 e. The highest BCUT2D eigenvalue weighted by Gasteiger charge is 2.02. The van der Waals surface area contributed by atoms with Crippen LogP contribution in [0.3, 0.4) is 0 Å². The van der Waals surface area contributed by atoms with E-state index >= 15 is 0 Å². The van der Waals surface area contributed by atoms with Crippen LogP contribution in [0.5, 0.6) is 5.75 Å². The summed E-state index contributed by atoms with van der Waals surface area (Å²) in [6.45, 7) is 1.65. The van der Waals surface area contributed by atoms with Crippen LogP contribution in [0.25, 0.3) is 0 Å². The standard InChI is InChI=1S/C16H17Cl2NO/c1-20-16-5-3-2-4-13(16)8-9-19-11-12-6-7-14(17)15(18)10-12/h2-7,10,19H,8-9,11H2,1H3. The van der Waals surface area contributed by atoms with E-state index in [-0.39, 0.29) is 0 Å². The number of hydrogen-bond donors (Lipinski definition) is 1. The van der Waals surface area contributed by atoms with Gasteiger partial charge < -0.3 is 10.1 Å². The number of benzene rings is 2. The van der Waals surface area contributed by atoms with E-state index in [9.17, 15) is 0 Å². The van der Waals surface area contributed by atoms with Crippen molar-refractivity contribution in [3.63, 3.8) is 0 Å². The number of para-hydroxylation sites is 1. The van der Waals surface area contributed by atoms with Gasteiger partial charge in [-0.3, -0.25) is 0 Å². The van der Waals surface area contributed by atoms with E-state index in [1.807, 2.05) is 36.4 Å². The third-order valence-corrected chi connectivity index (χ3v) is 3.82. The van der Waals surface area contributed by atoms with Gasteiger partial charge in [0.25, 0.3) is 0 Å². The number of hydrogen-bond acceptors (Lipinski definition) is 2. The number of methoxy groups -OCH3 is 1. The van der Waals surface area contributed by atoms with Crippen LogP contribution in [-0.2, 0) is 13.0 Å². The Kier molecular flexibility index (Phi) is 5.72. The highest BCUT2D eigenvalue weighted by molar-refractivity contribution is 6.42. The fourth-order valence-corrected chi connectivity index (χ4v) is 2.34. The first-order valence-electron chi connectivity index (χ1n) is 6.47. The van der Waals surface area contributed by atoms with Gasteiger partial charge in [-0.2, -0.15) is 0 Å². The highest BCUT2D eigenvalue weighted by Crippen LogP contribution is 2.22. The van der Waals surface area contributed by atoms with Gasteiger partial charge in [0, 0.05) is 6.54 Å². The fourth-order valence-electron chi connectivity index (χ4n) is 2.01. The van der Waals surface area contributed by atoms with Crippen LogP contribution >= 0.6 is 23.2 Å². The topological polar surface area (TPSA) is 21.3 Å². The molecule has 0 saturated carbocycles. The monoisotopic (exact) mass is 309 g/mol. The molecule has 0 atom stereocenters. The van der Waals surface area contributed by atoms with Crippen LogP contribution in [0.4, 0.5) is 0 Å². The van der Waals surface area contributed by atoms with Gasteiger partial charge in [-0.15, -0.1) is 0 Å². The Bertz CT molecular complexity index is 572. The average molecular weight is 310 g/mol. The molecule has 0 saturated heterocycles. The van der Waals surface area contributed by atoms with Crippen molar-refractivity contribution in [3.8, 4) is 5.75 Å². The molecule has 0 fully saturated rings. The zero-order valence-electron chi connectivity index (χ0n) is 11.3. The summed E-state index contributed by atoms with van der Waals surface area (Å²) < 4.78 is 5.33. The van der Waals surface area contributed by atoms with Gasteiger partial charge in [-0.05, 0) is 42.3 Å². The van der Waals surface area contributed by atoms with Gasteiger partial charge in [0.15, 0.2) is 0 Å². The molecule has 0 radical (unpaired) electrons. The third kappa shape index (κ3) is 4.14. The van der Waals surface area contributed by atoms with E-state index < -0.39 is 0 Å². The van der Waals surface area contributed by atoms with Crippen molar-refractivity contribution in [2.75, 3.05) is 13.7 Å². The maximum atomic E-state index is 5.99. The normalized spacial score (nSPS) is 10.6. The van der Waals surface area contributed by atoms with Gasteiger partial charge >= 0.3 is 0 Å². The first-order valence-corrected chi connectivity index (χ1v) is 7.23. The molecule has 106 valence electrons. The minimum atomic E-state index is 0.587. The SMILES string of the molecule is COc1ccccc1CCNCc1ccc(Cl)c(Cl)c1. The zero-order chi connectivity index (χ0) is 14.4. The van der Waals surface area contributed by atoms with E-state index in [0.29, 0.717) is 10.0 Å². The van der Waals surface area contributed by atoms with Gasteiger partial charge in [0.1, 0.15) is 5.75 Å². The van der Waals surface area contributed by atoms with Crippen molar-refractivity contribution in [1.82, 2.24) is 5.32 Å². The molecule has 0 amide bonds. The summed E-state index contributed by atoms with van der Waals surface area (Å²) in [4.78, 5) is 0. The molecule has 2 aromatic carbocycles. The largest absolute Gasteiger partial charge is 0.496 e. The van der Waals surface area contributed by atoms with Crippen LogP contribution < -0.4 is 10.1 Å². The molecule has 4 heteroatoms. The quantitative estimate of drug-likeness (QED) is 0.802. The van der Waals surface area contributed by atoms with Crippen LogP contribution in [0.15, 0.2) is 42.5 Å². The van der Waals surface area contributed by atoms with Gasteiger partial charge in [-0.1, -0.05) is 47.5 Å². The van der Waals surface area contributed by atoms with Crippen LogP contribution in [0.1, 0.15) is 11.1 Å². The Balaban J connectivity index is 1.83. The molecule has 2 rings (SSSR count). The van der Waals surface area contributed by atoms with E-state index in [1.54, 1.807) is 7.11 Å². The maximum absolute atomic E-state index is 5.99. The fraction of sp³-hybridized carbons (Fsp3) is 0.250. The average Bonchev–Trinajstić information content (AvgIpc) is 2.47. The molecule has 1 N–H and O–H groups in total. The second-order valence-electron chi connectivity index (χ2n) is 4.49. The first-order chi connectivity index (χ1) is 9.70. The predicted octanol–water partition coefficient (Wildman–Crippen LogP) is 4.33.